The lowest BCUT2D eigenvalue weighted by Gasteiger charge is -2.17. The number of nitrogens with zero attached hydrogens (tertiary/aromatic N) is 3. The first-order valence-corrected chi connectivity index (χ1v) is 14.0. The van der Waals surface area contributed by atoms with Gasteiger partial charge < -0.3 is 18.9 Å². The van der Waals surface area contributed by atoms with Gasteiger partial charge in [0.25, 0.3) is 5.56 Å². The minimum absolute atomic E-state index is 0.188. The molecule has 0 spiro atoms. The molecule has 0 aliphatic rings. The Hall–Kier alpha value is -4.66. The van der Waals surface area contributed by atoms with Crippen LogP contribution in [0, 0.1) is 6.92 Å². The van der Waals surface area contributed by atoms with E-state index in [4.69, 9.17) is 23.9 Å². The fourth-order valence-electron chi connectivity index (χ4n) is 4.57. The lowest BCUT2D eigenvalue weighted by molar-refractivity contribution is -0.150. The molecule has 9 nitrogen and oxygen atoms in total. The van der Waals surface area contributed by atoms with Crippen LogP contribution >= 0.6 is 0 Å². The van der Waals surface area contributed by atoms with Crippen LogP contribution in [0.3, 0.4) is 0 Å². The molecule has 1 aromatic heterocycles. The van der Waals surface area contributed by atoms with Gasteiger partial charge in [-0.1, -0.05) is 26.0 Å². The zero-order chi connectivity index (χ0) is 30.4. The van der Waals surface area contributed by atoms with Crippen LogP contribution in [-0.4, -0.2) is 48.3 Å². The van der Waals surface area contributed by atoms with Crippen molar-refractivity contribution in [2.45, 2.75) is 53.6 Å². The van der Waals surface area contributed by atoms with Gasteiger partial charge in [-0.15, -0.1) is 0 Å². The summed E-state index contributed by atoms with van der Waals surface area (Å²) in [4.78, 5) is 30.7. The second kappa shape index (κ2) is 13.3. The van der Waals surface area contributed by atoms with Crippen LogP contribution < -0.4 is 19.8 Å². The molecule has 4 rings (SSSR count). The first-order valence-electron chi connectivity index (χ1n) is 14.0. The first-order chi connectivity index (χ1) is 20.2. The van der Waals surface area contributed by atoms with Gasteiger partial charge in [0, 0.05) is 5.56 Å². The highest BCUT2D eigenvalue weighted by Crippen LogP contribution is 2.34. The van der Waals surface area contributed by atoms with Crippen LogP contribution in [-0.2, 0) is 9.53 Å². The summed E-state index contributed by atoms with van der Waals surface area (Å²) in [6, 6.07) is 16.4. The molecule has 0 radical (unpaired) electrons. The fourth-order valence-corrected chi connectivity index (χ4v) is 4.57. The summed E-state index contributed by atoms with van der Waals surface area (Å²) in [7, 11) is 1.65. The molecule has 0 N–H and O–H groups in total. The van der Waals surface area contributed by atoms with E-state index in [0.29, 0.717) is 40.4 Å². The molecule has 0 aliphatic heterocycles. The van der Waals surface area contributed by atoms with Gasteiger partial charge in [-0.3, -0.25) is 4.79 Å². The Morgan fingerprint density at radius 2 is 1.76 bits per heavy atom. The van der Waals surface area contributed by atoms with E-state index in [9.17, 15) is 9.59 Å². The number of benzene rings is 3. The van der Waals surface area contributed by atoms with Crippen molar-refractivity contribution in [3.63, 3.8) is 0 Å². The second-order valence-corrected chi connectivity index (χ2v) is 10.0. The van der Waals surface area contributed by atoms with Crippen molar-refractivity contribution in [2.75, 3.05) is 20.3 Å². The molecular formula is C33H37N3O6. The minimum Gasteiger partial charge on any atom is -0.496 e. The number of aromatic nitrogens is 2. The van der Waals surface area contributed by atoms with Crippen LogP contribution in [0.5, 0.6) is 17.2 Å². The minimum atomic E-state index is -0.808. The van der Waals surface area contributed by atoms with Gasteiger partial charge in [0.05, 0.1) is 37.4 Å². The Labute approximate surface area is 245 Å². The standard InChI is InChI=1S/C33H37N3O6/c1-8-40-30-17-23(14-15-28(30)42-22(6)33(38)41-9-2)19-34-36-31(35-27-13-11-10-12-24(27)32(36)37)26-18-25(20(3)4)29(39-7)16-21(26)5/h10-20,22H,8-9H2,1-7H3/t22-/m0/s1. The van der Waals surface area contributed by atoms with Gasteiger partial charge >= 0.3 is 5.97 Å². The van der Waals surface area contributed by atoms with E-state index < -0.39 is 12.1 Å². The van der Waals surface area contributed by atoms with E-state index in [-0.39, 0.29) is 18.1 Å². The van der Waals surface area contributed by atoms with Gasteiger partial charge in [-0.05, 0) is 92.8 Å². The van der Waals surface area contributed by atoms with E-state index in [1.807, 2.05) is 38.1 Å². The molecule has 0 aliphatic carbocycles. The number of methoxy groups -OCH3 is 1. The van der Waals surface area contributed by atoms with Crippen molar-refractivity contribution in [2.24, 2.45) is 5.10 Å². The van der Waals surface area contributed by atoms with E-state index in [1.165, 1.54) is 4.68 Å². The van der Waals surface area contributed by atoms with Crippen LogP contribution in [0.2, 0.25) is 0 Å². The first kappa shape index (κ1) is 30.3. The number of ether oxygens (including phenoxy) is 4. The highest BCUT2D eigenvalue weighted by Gasteiger charge is 2.20. The summed E-state index contributed by atoms with van der Waals surface area (Å²) < 4.78 is 23.6. The van der Waals surface area contributed by atoms with E-state index in [1.54, 1.807) is 57.5 Å². The van der Waals surface area contributed by atoms with E-state index in [0.717, 1.165) is 22.4 Å². The molecule has 0 saturated carbocycles. The third kappa shape index (κ3) is 6.46. The molecule has 0 saturated heterocycles. The lowest BCUT2D eigenvalue weighted by Crippen LogP contribution is -2.26. The lowest BCUT2D eigenvalue weighted by atomic mass is 9.96. The number of hydrogen-bond acceptors (Lipinski definition) is 8. The van der Waals surface area contributed by atoms with Crippen LogP contribution in [0.25, 0.3) is 22.3 Å². The van der Waals surface area contributed by atoms with Gasteiger partial charge in [0.15, 0.2) is 23.4 Å². The third-order valence-corrected chi connectivity index (χ3v) is 6.71. The summed E-state index contributed by atoms with van der Waals surface area (Å²) >= 11 is 0. The highest BCUT2D eigenvalue weighted by atomic mass is 16.6. The van der Waals surface area contributed by atoms with Crippen LogP contribution in [0.4, 0.5) is 0 Å². The molecule has 4 aromatic rings. The monoisotopic (exact) mass is 571 g/mol. The maximum absolute atomic E-state index is 13.8. The van der Waals surface area contributed by atoms with Crippen molar-refractivity contribution in [1.29, 1.82) is 0 Å². The van der Waals surface area contributed by atoms with Gasteiger partial charge in [0.1, 0.15) is 5.75 Å². The van der Waals surface area contributed by atoms with Crippen molar-refractivity contribution < 1.29 is 23.7 Å². The molecular weight excluding hydrogens is 534 g/mol. The Kier molecular flexibility index (Phi) is 9.62. The Morgan fingerprint density at radius 1 is 1.00 bits per heavy atom. The van der Waals surface area contributed by atoms with Gasteiger partial charge in [0.2, 0.25) is 0 Å². The van der Waals surface area contributed by atoms with Crippen molar-refractivity contribution >= 4 is 23.1 Å². The second-order valence-electron chi connectivity index (χ2n) is 10.0. The molecule has 0 unspecified atom stereocenters. The average Bonchev–Trinajstić information content (AvgIpc) is 2.97. The molecule has 220 valence electrons. The molecule has 3 aromatic carbocycles. The number of fused-ring (bicyclic) bond motifs is 1. The molecule has 0 amide bonds. The predicted octanol–water partition coefficient (Wildman–Crippen LogP) is 6.12. The summed E-state index contributed by atoms with van der Waals surface area (Å²) in [5.74, 6) is 1.77. The average molecular weight is 572 g/mol. The number of aryl methyl sites for hydroxylation is 1. The quantitative estimate of drug-likeness (QED) is 0.158. The Bertz CT molecular complexity index is 1670. The predicted molar refractivity (Wildman–Crippen MR) is 164 cm³/mol. The highest BCUT2D eigenvalue weighted by molar-refractivity contribution is 5.83. The van der Waals surface area contributed by atoms with Crippen molar-refractivity contribution in [1.82, 2.24) is 9.66 Å². The largest absolute Gasteiger partial charge is 0.496 e. The number of carbonyl (C=O) groups excluding carboxylic acids is 1. The number of carbonyl (C=O) groups is 1. The summed E-state index contributed by atoms with van der Waals surface area (Å²) in [6.07, 6.45) is 0.766. The Balaban J connectivity index is 1.82. The van der Waals surface area contributed by atoms with E-state index >= 15 is 0 Å². The molecule has 0 bridgehead atoms. The summed E-state index contributed by atoms with van der Waals surface area (Å²) in [5.41, 5.74) is 3.65. The number of para-hydroxylation sites is 1. The van der Waals surface area contributed by atoms with Crippen LogP contribution in [0.15, 0.2) is 64.5 Å². The maximum atomic E-state index is 13.8. The molecule has 1 atom stereocenters. The normalized spacial score (nSPS) is 12.1. The fraction of sp³-hybridized carbons (Fsp3) is 0.333. The smallest absolute Gasteiger partial charge is 0.347 e. The molecule has 42 heavy (non-hydrogen) atoms. The Morgan fingerprint density at radius 3 is 2.45 bits per heavy atom. The molecule has 9 heteroatoms. The summed E-state index contributed by atoms with van der Waals surface area (Å²) in [5, 5.41) is 5.08. The van der Waals surface area contributed by atoms with Crippen molar-refractivity contribution in [3.8, 4) is 28.6 Å². The molecule has 0 fully saturated rings. The number of hydrogen-bond donors (Lipinski definition) is 0. The SMILES string of the molecule is CCOC(=O)[C@H](C)Oc1ccc(C=Nn2c(-c3cc(C(C)C)c(OC)cc3C)nc3ccccc3c2=O)cc1OCC. The number of rotatable bonds is 11. The maximum Gasteiger partial charge on any atom is 0.347 e. The van der Waals surface area contributed by atoms with E-state index in [2.05, 4.69) is 18.9 Å². The molecule has 1 heterocycles. The van der Waals surface area contributed by atoms with Gasteiger partial charge in [-0.25, -0.2) is 9.78 Å². The zero-order valence-corrected chi connectivity index (χ0v) is 25.1. The van der Waals surface area contributed by atoms with Crippen molar-refractivity contribution in [3.05, 3.63) is 81.6 Å². The van der Waals surface area contributed by atoms with Gasteiger partial charge in [-0.2, -0.15) is 9.78 Å². The number of esters is 1. The topological polar surface area (TPSA) is 101 Å². The van der Waals surface area contributed by atoms with Crippen LogP contribution in [0.1, 0.15) is 57.2 Å². The summed E-state index contributed by atoms with van der Waals surface area (Å²) in [6.45, 7) is 12.0. The zero-order valence-electron chi connectivity index (χ0n) is 25.1. The third-order valence-electron chi connectivity index (χ3n) is 6.71.